The van der Waals surface area contributed by atoms with E-state index in [4.69, 9.17) is 10.5 Å². The molecule has 0 saturated heterocycles. The highest BCUT2D eigenvalue weighted by Gasteiger charge is 2.11. The minimum absolute atomic E-state index is 0.278. The van der Waals surface area contributed by atoms with Crippen molar-refractivity contribution in [2.75, 3.05) is 12.8 Å². The molecule has 128 valence electrons. The Labute approximate surface area is 148 Å². The van der Waals surface area contributed by atoms with E-state index in [9.17, 15) is 4.79 Å². The number of nitrogen functional groups attached to an aromatic ring is 1. The molecule has 2 heterocycles. The van der Waals surface area contributed by atoms with E-state index in [0.717, 1.165) is 5.56 Å². The number of anilines is 1. The van der Waals surface area contributed by atoms with Crippen LogP contribution in [0.4, 0.5) is 5.69 Å². The molecule has 0 spiro atoms. The number of benzene rings is 2. The van der Waals surface area contributed by atoms with Gasteiger partial charge in [0.1, 0.15) is 11.3 Å². The van der Waals surface area contributed by atoms with Gasteiger partial charge in [0.25, 0.3) is 5.56 Å². The van der Waals surface area contributed by atoms with Crippen LogP contribution in [0.15, 0.2) is 65.7 Å². The van der Waals surface area contributed by atoms with Gasteiger partial charge in [-0.15, -0.1) is 0 Å². The van der Waals surface area contributed by atoms with Crippen LogP contribution in [-0.2, 0) is 0 Å². The molecule has 26 heavy (non-hydrogen) atoms. The summed E-state index contributed by atoms with van der Waals surface area (Å²) in [4.78, 5) is 25.5. The molecule has 0 amide bonds. The zero-order valence-electron chi connectivity index (χ0n) is 14.0. The second-order valence-electron chi connectivity index (χ2n) is 5.66. The van der Waals surface area contributed by atoms with Crippen LogP contribution < -0.4 is 16.0 Å². The summed E-state index contributed by atoms with van der Waals surface area (Å²) in [6, 6.07) is 14.4. The molecule has 2 aromatic carbocycles. The molecular formula is C19H15N5O2. The summed E-state index contributed by atoms with van der Waals surface area (Å²) in [5.74, 6) is 1.18. The van der Waals surface area contributed by atoms with Gasteiger partial charge in [0, 0.05) is 11.3 Å². The van der Waals surface area contributed by atoms with Gasteiger partial charge in [-0.05, 0) is 36.4 Å². The third-order valence-corrected chi connectivity index (χ3v) is 3.97. The summed E-state index contributed by atoms with van der Waals surface area (Å²) >= 11 is 0. The number of hydrogen-bond donors (Lipinski definition) is 1. The maximum Gasteiger partial charge on any atom is 0.275 e. The predicted molar refractivity (Wildman–Crippen MR) is 99.3 cm³/mol. The van der Waals surface area contributed by atoms with Gasteiger partial charge in [-0.2, -0.15) is 0 Å². The highest BCUT2D eigenvalue weighted by molar-refractivity contribution is 5.74. The molecule has 0 bridgehead atoms. The van der Waals surface area contributed by atoms with Crippen LogP contribution in [0.2, 0.25) is 0 Å². The van der Waals surface area contributed by atoms with Crippen LogP contribution in [0.25, 0.3) is 28.2 Å². The first kappa shape index (κ1) is 15.8. The van der Waals surface area contributed by atoms with E-state index < -0.39 is 0 Å². The van der Waals surface area contributed by atoms with E-state index in [1.54, 1.807) is 49.7 Å². The van der Waals surface area contributed by atoms with Crippen molar-refractivity contribution < 1.29 is 4.74 Å². The van der Waals surface area contributed by atoms with Gasteiger partial charge in [0.05, 0.1) is 25.2 Å². The first-order valence-electron chi connectivity index (χ1n) is 7.91. The summed E-state index contributed by atoms with van der Waals surface area (Å²) in [5, 5.41) is 0. The van der Waals surface area contributed by atoms with Crippen LogP contribution in [0.1, 0.15) is 0 Å². The van der Waals surface area contributed by atoms with E-state index in [1.165, 1.54) is 10.8 Å². The zero-order valence-corrected chi connectivity index (χ0v) is 14.0. The highest BCUT2D eigenvalue weighted by Crippen LogP contribution is 2.21. The molecule has 0 saturated carbocycles. The van der Waals surface area contributed by atoms with Gasteiger partial charge in [0.15, 0.2) is 11.5 Å². The summed E-state index contributed by atoms with van der Waals surface area (Å²) in [6.45, 7) is 0. The molecule has 0 aliphatic rings. The average molecular weight is 345 g/mol. The number of rotatable bonds is 3. The Balaban J connectivity index is 1.95. The van der Waals surface area contributed by atoms with E-state index >= 15 is 0 Å². The SMILES string of the molecule is COc1ccc(-n2c(=O)cnc3cnc(-c4cccc(N)c4)nc32)cc1. The molecule has 2 N–H and O–H groups in total. The van der Waals surface area contributed by atoms with Crippen LogP contribution in [0, 0.1) is 0 Å². The van der Waals surface area contributed by atoms with Crippen molar-refractivity contribution in [3.05, 3.63) is 71.3 Å². The smallest absolute Gasteiger partial charge is 0.275 e. The molecule has 2 aromatic heterocycles. The molecule has 0 fully saturated rings. The number of nitrogens with zero attached hydrogens (tertiary/aromatic N) is 4. The number of methoxy groups -OCH3 is 1. The number of nitrogens with two attached hydrogens (primary N) is 1. The van der Waals surface area contributed by atoms with Crippen molar-refractivity contribution in [1.82, 2.24) is 19.5 Å². The predicted octanol–water partition coefficient (Wildman–Crippen LogP) is 2.43. The monoisotopic (exact) mass is 345 g/mol. The standard InChI is InChI=1S/C19H15N5O2/c1-26-15-7-5-14(6-8-15)24-17(25)11-21-16-10-22-18(23-19(16)24)12-3-2-4-13(20)9-12/h2-11H,20H2,1H3. The molecule has 4 rings (SSSR count). The summed E-state index contributed by atoms with van der Waals surface area (Å²) in [6.07, 6.45) is 2.86. The Kier molecular flexibility index (Phi) is 3.81. The Morgan fingerprint density at radius 2 is 1.85 bits per heavy atom. The van der Waals surface area contributed by atoms with Crippen molar-refractivity contribution in [3.8, 4) is 22.8 Å². The van der Waals surface area contributed by atoms with Crippen molar-refractivity contribution in [3.63, 3.8) is 0 Å². The number of hydrogen-bond acceptors (Lipinski definition) is 6. The third kappa shape index (κ3) is 2.75. The third-order valence-electron chi connectivity index (χ3n) is 3.97. The fourth-order valence-electron chi connectivity index (χ4n) is 2.71. The molecule has 0 aliphatic heterocycles. The second-order valence-corrected chi connectivity index (χ2v) is 5.66. The summed E-state index contributed by atoms with van der Waals surface area (Å²) in [7, 11) is 1.59. The summed E-state index contributed by atoms with van der Waals surface area (Å²) in [5.41, 5.74) is 8.57. The van der Waals surface area contributed by atoms with Gasteiger partial charge in [-0.1, -0.05) is 12.1 Å². The fourth-order valence-corrected chi connectivity index (χ4v) is 2.71. The molecule has 7 heteroatoms. The van der Waals surface area contributed by atoms with E-state index in [2.05, 4.69) is 15.0 Å². The van der Waals surface area contributed by atoms with E-state index in [1.807, 2.05) is 12.1 Å². The number of fused-ring (bicyclic) bond motifs is 1. The Morgan fingerprint density at radius 3 is 2.58 bits per heavy atom. The van der Waals surface area contributed by atoms with Gasteiger partial charge in [0.2, 0.25) is 0 Å². The van der Waals surface area contributed by atoms with Gasteiger partial charge in [-0.3, -0.25) is 9.36 Å². The van der Waals surface area contributed by atoms with E-state index in [-0.39, 0.29) is 5.56 Å². The Bertz CT molecular complexity index is 1150. The minimum Gasteiger partial charge on any atom is -0.497 e. The van der Waals surface area contributed by atoms with Crippen molar-refractivity contribution in [2.45, 2.75) is 0 Å². The quantitative estimate of drug-likeness (QED) is 0.573. The molecule has 0 aliphatic carbocycles. The lowest BCUT2D eigenvalue weighted by Crippen LogP contribution is -2.19. The van der Waals surface area contributed by atoms with Gasteiger partial charge >= 0.3 is 0 Å². The average Bonchev–Trinajstić information content (AvgIpc) is 2.67. The lowest BCUT2D eigenvalue weighted by Gasteiger charge is -2.10. The molecular weight excluding hydrogens is 330 g/mol. The van der Waals surface area contributed by atoms with Crippen LogP contribution in [-0.4, -0.2) is 26.6 Å². The van der Waals surface area contributed by atoms with Gasteiger partial charge in [-0.25, -0.2) is 15.0 Å². The topological polar surface area (TPSA) is 95.9 Å². The lowest BCUT2D eigenvalue weighted by atomic mass is 10.2. The maximum absolute atomic E-state index is 12.5. The van der Waals surface area contributed by atoms with Crippen molar-refractivity contribution >= 4 is 16.9 Å². The maximum atomic E-state index is 12.5. The molecule has 0 atom stereocenters. The van der Waals surface area contributed by atoms with Crippen LogP contribution in [0.5, 0.6) is 5.75 Å². The minimum atomic E-state index is -0.278. The first-order valence-corrected chi connectivity index (χ1v) is 7.91. The first-order chi connectivity index (χ1) is 12.7. The number of ether oxygens (including phenoxy) is 1. The Morgan fingerprint density at radius 1 is 1.04 bits per heavy atom. The molecule has 0 radical (unpaired) electrons. The highest BCUT2D eigenvalue weighted by atomic mass is 16.5. The number of aromatic nitrogens is 4. The molecule has 0 unspecified atom stereocenters. The van der Waals surface area contributed by atoms with Crippen LogP contribution >= 0.6 is 0 Å². The Hall–Kier alpha value is -3.74. The van der Waals surface area contributed by atoms with Gasteiger partial charge < -0.3 is 10.5 Å². The zero-order chi connectivity index (χ0) is 18.1. The second kappa shape index (κ2) is 6.29. The molecule has 7 nitrogen and oxygen atoms in total. The van der Waals surface area contributed by atoms with Crippen molar-refractivity contribution in [2.24, 2.45) is 0 Å². The summed E-state index contributed by atoms with van der Waals surface area (Å²) < 4.78 is 6.67. The normalized spacial score (nSPS) is 10.8. The fraction of sp³-hybridized carbons (Fsp3) is 0.0526. The van der Waals surface area contributed by atoms with Crippen molar-refractivity contribution in [1.29, 1.82) is 0 Å². The van der Waals surface area contributed by atoms with Crippen LogP contribution in [0.3, 0.4) is 0 Å². The van der Waals surface area contributed by atoms with E-state index in [0.29, 0.717) is 34.1 Å². The largest absolute Gasteiger partial charge is 0.497 e. The molecule has 4 aromatic rings. The lowest BCUT2D eigenvalue weighted by molar-refractivity contribution is 0.414.